The highest BCUT2D eigenvalue weighted by molar-refractivity contribution is 5.96. The van der Waals surface area contributed by atoms with Crippen LogP contribution in [-0.2, 0) is 26.3 Å². The number of methoxy groups -OCH3 is 1. The second-order valence-corrected chi connectivity index (χ2v) is 6.46. The van der Waals surface area contributed by atoms with Crippen LogP contribution in [0.4, 0.5) is 5.69 Å². The Morgan fingerprint density at radius 1 is 1.26 bits per heavy atom. The van der Waals surface area contributed by atoms with Crippen LogP contribution in [0.25, 0.3) is 0 Å². The Bertz CT molecular complexity index is 741. The number of amides is 1. The van der Waals surface area contributed by atoms with Crippen LogP contribution in [0.1, 0.15) is 24.8 Å². The fourth-order valence-electron chi connectivity index (χ4n) is 3.27. The number of halogens is 1. The summed E-state index contributed by atoms with van der Waals surface area (Å²) in [6.45, 7) is 1.56. The molecule has 2 aromatic rings. The normalized spacial score (nSPS) is 15.4. The smallest absolute Gasteiger partial charge is 0.305 e. The molecule has 0 radical (unpaired) electrons. The second kappa shape index (κ2) is 9.53. The van der Waals surface area contributed by atoms with E-state index >= 15 is 0 Å². The minimum Gasteiger partial charge on any atom is -0.469 e. The molecule has 7 nitrogen and oxygen atoms in total. The molecule has 8 heteroatoms. The largest absolute Gasteiger partial charge is 0.469 e. The van der Waals surface area contributed by atoms with E-state index in [1.807, 2.05) is 36.5 Å². The van der Waals surface area contributed by atoms with Crippen molar-refractivity contribution in [1.29, 1.82) is 0 Å². The molecule has 0 spiro atoms. The van der Waals surface area contributed by atoms with Crippen molar-refractivity contribution < 1.29 is 14.3 Å². The molecule has 1 aliphatic heterocycles. The van der Waals surface area contributed by atoms with Gasteiger partial charge in [0.05, 0.1) is 7.11 Å². The van der Waals surface area contributed by atoms with Crippen molar-refractivity contribution in [1.82, 2.24) is 15.1 Å². The molecule has 1 amide bonds. The van der Waals surface area contributed by atoms with Gasteiger partial charge in [0.25, 0.3) is 5.91 Å². The number of anilines is 1. The van der Waals surface area contributed by atoms with Crippen molar-refractivity contribution in [2.24, 2.45) is 0 Å². The lowest BCUT2D eigenvalue weighted by atomic mass is 9.87. The predicted octanol–water partition coefficient (Wildman–Crippen LogP) is 2.13. The molecular formula is C19H25ClN4O3. The Kier molecular flexibility index (Phi) is 7.38. The van der Waals surface area contributed by atoms with Crippen LogP contribution in [-0.4, -0.2) is 41.9 Å². The molecule has 2 N–H and O–H groups in total. The van der Waals surface area contributed by atoms with Crippen molar-refractivity contribution in [3.8, 4) is 0 Å². The quantitative estimate of drug-likeness (QED) is 0.735. The fraction of sp³-hybridized carbons (Fsp3) is 0.421. The van der Waals surface area contributed by atoms with Crippen LogP contribution >= 0.6 is 12.4 Å². The zero-order valence-corrected chi connectivity index (χ0v) is 16.1. The van der Waals surface area contributed by atoms with E-state index in [1.165, 1.54) is 7.11 Å². The van der Waals surface area contributed by atoms with E-state index in [-0.39, 0.29) is 24.3 Å². The molecule has 0 aliphatic carbocycles. The summed E-state index contributed by atoms with van der Waals surface area (Å²) in [5, 5.41) is 10.6. The van der Waals surface area contributed by atoms with Gasteiger partial charge in [-0.3, -0.25) is 14.3 Å². The number of rotatable bonds is 6. The Balaban J connectivity index is 0.00000261. The summed E-state index contributed by atoms with van der Waals surface area (Å²) in [7, 11) is 1.39. The fourth-order valence-corrected chi connectivity index (χ4v) is 3.27. The van der Waals surface area contributed by atoms with Gasteiger partial charge in [-0.05, 0) is 56.1 Å². The first-order valence-electron chi connectivity index (χ1n) is 8.82. The molecule has 1 aromatic heterocycles. The van der Waals surface area contributed by atoms with Crippen molar-refractivity contribution in [2.45, 2.75) is 31.2 Å². The summed E-state index contributed by atoms with van der Waals surface area (Å²) >= 11 is 0. The third-order valence-corrected chi connectivity index (χ3v) is 4.85. The van der Waals surface area contributed by atoms with Gasteiger partial charge in [-0.1, -0.05) is 12.1 Å². The summed E-state index contributed by atoms with van der Waals surface area (Å²) in [5.41, 5.74) is 1.09. The van der Waals surface area contributed by atoms with E-state index in [2.05, 4.69) is 20.5 Å². The number of ether oxygens (including phenoxy) is 1. The minimum absolute atomic E-state index is 0. The molecule has 27 heavy (non-hydrogen) atoms. The summed E-state index contributed by atoms with van der Waals surface area (Å²) in [6, 6.07) is 9.40. The number of hydrogen-bond donors (Lipinski definition) is 2. The molecule has 1 aromatic carbocycles. The number of hydrogen-bond acceptors (Lipinski definition) is 5. The number of aryl methyl sites for hydroxylation is 1. The summed E-state index contributed by atoms with van der Waals surface area (Å²) in [4.78, 5) is 24.3. The van der Waals surface area contributed by atoms with Crippen LogP contribution in [0.2, 0.25) is 0 Å². The van der Waals surface area contributed by atoms with E-state index in [4.69, 9.17) is 0 Å². The highest BCUT2D eigenvalue weighted by atomic mass is 35.5. The Morgan fingerprint density at radius 2 is 1.96 bits per heavy atom. The first-order chi connectivity index (χ1) is 12.6. The Morgan fingerprint density at radius 3 is 2.56 bits per heavy atom. The topological polar surface area (TPSA) is 85.2 Å². The van der Waals surface area contributed by atoms with Crippen LogP contribution < -0.4 is 10.6 Å². The zero-order chi connectivity index (χ0) is 18.4. The number of nitrogens with one attached hydrogen (secondary N) is 2. The monoisotopic (exact) mass is 392 g/mol. The zero-order valence-electron chi connectivity index (χ0n) is 15.3. The van der Waals surface area contributed by atoms with E-state index < -0.39 is 5.54 Å². The van der Waals surface area contributed by atoms with E-state index in [9.17, 15) is 9.59 Å². The van der Waals surface area contributed by atoms with Crippen molar-refractivity contribution in [3.05, 3.63) is 48.3 Å². The molecule has 0 bridgehead atoms. The molecule has 1 fully saturated rings. The average Bonchev–Trinajstić information content (AvgIpc) is 3.23. The molecule has 0 saturated carbocycles. The number of piperidine rings is 1. The van der Waals surface area contributed by atoms with Crippen LogP contribution in [0, 0.1) is 0 Å². The van der Waals surface area contributed by atoms with E-state index in [0.29, 0.717) is 25.7 Å². The number of esters is 1. The molecule has 3 rings (SSSR count). The lowest BCUT2D eigenvalue weighted by Crippen LogP contribution is -2.52. The lowest BCUT2D eigenvalue weighted by Gasteiger charge is -2.36. The molecule has 146 valence electrons. The number of aromatic nitrogens is 2. The van der Waals surface area contributed by atoms with Crippen molar-refractivity contribution in [3.63, 3.8) is 0 Å². The Hall–Kier alpha value is -2.38. The third-order valence-electron chi connectivity index (χ3n) is 4.85. The van der Waals surface area contributed by atoms with Crippen LogP contribution in [0.5, 0.6) is 0 Å². The molecule has 0 unspecified atom stereocenters. The van der Waals surface area contributed by atoms with Gasteiger partial charge in [-0.2, -0.15) is 5.10 Å². The Labute approximate surface area is 164 Å². The summed E-state index contributed by atoms with van der Waals surface area (Å²) in [6.07, 6.45) is 5.89. The van der Waals surface area contributed by atoms with E-state index in [0.717, 1.165) is 24.3 Å². The van der Waals surface area contributed by atoms with Crippen molar-refractivity contribution in [2.75, 3.05) is 25.5 Å². The highest BCUT2D eigenvalue weighted by Gasteiger charge is 2.41. The number of carbonyl (C=O) groups excluding carboxylic acids is 2. The number of carbonyl (C=O) groups is 2. The molecule has 0 atom stereocenters. The third kappa shape index (κ3) is 4.87. The van der Waals surface area contributed by atoms with Gasteiger partial charge in [0.15, 0.2) is 0 Å². The molecular weight excluding hydrogens is 368 g/mol. The van der Waals surface area contributed by atoms with Gasteiger partial charge in [0.1, 0.15) is 5.54 Å². The first kappa shape index (κ1) is 20.9. The van der Waals surface area contributed by atoms with Gasteiger partial charge in [-0.15, -0.1) is 12.4 Å². The summed E-state index contributed by atoms with van der Waals surface area (Å²) in [5.74, 6) is -0.278. The lowest BCUT2D eigenvalue weighted by molar-refractivity contribution is -0.140. The van der Waals surface area contributed by atoms with Crippen molar-refractivity contribution >= 4 is 30.0 Å². The molecule has 1 saturated heterocycles. The average molecular weight is 393 g/mol. The van der Waals surface area contributed by atoms with Gasteiger partial charge in [-0.25, -0.2) is 0 Å². The first-order valence-corrected chi connectivity index (χ1v) is 8.82. The number of nitrogens with zero attached hydrogens (tertiary/aromatic N) is 2. The van der Waals surface area contributed by atoms with Crippen LogP contribution in [0.15, 0.2) is 42.7 Å². The minimum atomic E-state index is -0.668. The van der Waals surface area contributed by atoms with Gasteiger partial charge < -0.3 is 15.4 Å². The van der Waals surface area contributed by atoms with Gasteiger partial charge >= 0.3 is 5.97 Å². The number of benzene rings is 1. The maximum atomic E-state index is 13.1. The SMILES string of the molecule is COC(=O)CCc1ccc(NC(=O)C2(n3cccn3)CCNCC2)cc1.Cl. The highest BCUT2D eigenvalue weighted by Crippen LogP contribution is 2.28. The maximum Gasteiger partial charge on any atom is 0.305 e. The van der Waals surface area contributed by atoms with Gasteiger partial charge in [0, 0.05) is 24.5 Å². The maximum absolute atomic E-state index is 13.1. The molecule has 2 heterocycles. The standard InChI is InChI=1S/C19H24N4O3.ClH/c1-26-17(24)8-5-15-3-6-16(7-4-15)22-18(25)19(9-12-20-13-10-19)23-14-2-11-21-23;/h2-4,6-7,11,14,20H,5,8-10,12-13H2,1H3,(H,22,25);1H. The molecule has 1 aliphatic rings. The van der Waals surface area contributed by atoms with Crippen LogP contribution in [0.3, 0.4) is 0 Å². The van der Waals surface area contributed by atoms with E-state index in [1.54, 1.807) is 10.9 Å². The summed E-state index contributed by atoms with van der Waals surface area (Å²) < 4.78 is 6.42. The predicted molar refractivity (Wildman–Crippen MR) is 105 cm³/mol. The second-order valence-electron chi connectivity index (χ2n) is 6.46. The van der Waals surface area contributed by atoms with Gasteiger partial charge in [0.2, 0.25) is 0 Å².